The van der Waals surface area contributed by atoms with Gasteiger partial charge in [0.2, 0.25) is 5.88 Å². The number of fused-ring (bicyclic) bond motifs is 1. The molecule has 7 heteroatoms. The van der Waals surface area contributed by atoms with Gasteiger partial charge in [0.05, 0.1) is 0 Å². The van der Waals surface area contributed by atoms with Crippen LogP contribution in [-0.4, -0.2) is 19.6 Å². The van der Waals surface area contributed by atoms with Gasteiger partial charge in [0.25, 0.3) is 0 Å². The van der Waals surface area contributed by atoms with E-state index in [2.05, 4.69) is 31.1 Å². The maximum Gasteiger partial charge on any atom is 0.349 e. The molecular formula is C14H13BrN4O2. The second-order valence-electron chi connectivity index (χ2n) is 4.84. The first-order chi connectivity index (χ1) is 9.95. The molecule has 1 aromatic carbocycles. The third kappa shape index (κ3) is 2.44. The highest BCUT2D eigenvalue weighted by Gasteiger charge is 2.10. The highest BCUT2D eigenvalue weighted by molar-refractivity contribution is 9.10. The van der Waals surface area contributed by atoms with Crippen molar-refractivity contribution < 1.29 is 4.74 Å². The molecule has 2 aromatic heterocycles. The summed E-state index contributed by atoms with van der Waals surface area (Å²) in [5, 5.41) is 6.32. The lowest BCUT2D eigenvalue weighted by molar-refractivity contribution is 0.459. The van der Waals surface area contributed by atoms with E-state index in [1.807, 2.05) is 26.0 Å². The summed E-state index contributed by atoms with van der Waals surface area (Å²) in [6.45, 7) is 5.73. The fourth-order valence-electron chi connectivity index (χ4n) is 2.21. The number of H-pyrrole nitrogens is 1. The van der Waals surface area contributed by atoms with E-state index in [9.17, 15) is 4.79 Å². The standard InChI is InChI=1S/C14H13BrN4O2/c1-7-4-10(5-8(2)13(7)15)21-12-6-11-17-18-14(20)19(11)9(3)16-12/h4-6H,1-3H3,(H,18,20). The van der Waals surface area contributed by atoms with Crippen molar-refractivity contribution in [2.24, 2.45) is 0 Å². The van der Waals surface area contributed by atoms with Crippen molar-refractivity contribution in [3.8, 4) is 11.6 Å². The first-order valence-corrected chi connectivity index (χ1v) is 7.14. The van der Waals surface area contributed by atoms with Crippen molar-refractivity contribution in [3.63, 3.8) is 0 Å². The maximum absolute atomic E-state index is 11.6. The van der Waals surface area contributed by atoms with E-state index in [0.717, 1.165) is 15.6 Å². The quantitative estimate of drug-likeness (QED) is 0.772. The highest BCUT2D eigenvalue weighted by Crippen LogP contribution is 2.29. The number of aromatic amines is 1. The number of nitrogens with zero attached hydrogens (tertiary/aromatic N) is 3. The number of rotatable bonds is 2. The van der Waals surface area contributed by atoms with Crippen LogP contribution in [0.5, 0.6) is 11.6 Å². The number of ether oxygens (including phenoxy) is 1. The molecule has 0 spiro atoms. The molecule has 0 bridgehead atoms. The zero-order chi connectivity index (χ0) is 15.1. The van der Waals surface area contributed by atoms with Crippen LogP contribution < -0.4 is 10.4 Å². The Balaban J connectivity index is 2.04. The van der Waals surface area contributed by atoms with Gasteiger partial charge in [-0.1, -0.05) is 15.9 Å². The van der Waals surface area contributed by atoms with Crippen LogP contribution in [0.15, 0.2) is 27.5 Å². The molecule has 0 atom stereocenters. The minimum absolute atomic E-state index is 0.308. The number of nitrogens with one attached hydrogen (secondary N) is 1. The molecule has 108 valence electrons. The summed E-state index contributed by atoms with van der Waals surface area (Å²) in [5.74, 6) is 1.62. The van der Waals surface area contributed by atoms with E-state index >= 15 is 0 Å². The van der Waals surface area contributed by atoms with Gasteiger partial charge in [-0.15, -0.1) is 0 Å². The molecule has 21 heavy (non-hydrogen) atoms. The molecule has 0 aliphatic heterocycles. The smallest absolute Gasteiger partial charge is 0.349 e. The Morgan fingerprint density at radius 3 is 2.52 bits per heavy atom. The number of aryl methyl sites for hydroxylation is 3. The molecule has 3 aromatic rings. The fraction of sp³-hybridized carbons (Fsp3) is 0.214. The summed E-state index contributed by atoms with van der Waals surface area (Å²) in [5.41, 5.74) is 2.34. The van der Waals surface area contributed by atoms with Crippen molar-refractivity contribution in [1.29, 1.82) is 0 Å². The number of halogens is 1. The molecule has 6 nitrogen and oxygen atoms in total. The number of benzene rings is 1. The number of aromatic nitrogens is 4. The SMILES string of the molecule is Cc1cc(Oc2cc3n[nH]c(=O)n3c(C)n2)cc(C)c1Br. The van der Waals surface area contributed by atoms with E-state index in [4.69, 9.17) is 4.74 Å². The molecule has 0 radical (unpaired) electrons. The van der Waals surface area contributed by atoms with Gasteiger partial charge in [0, 0.05) is 10.5 Å². The summed E-state index contributed by atoms with van der Waals surface area (Å²) in [7, 11) is 0. The zero-order valence-electron chi connectivity index (χ0n) is 11.8. The molecule has 0 saturated heterocycles. The Bertz CT molecular complexity index is 875. The minimum atomic E-state index is -0.308. The molecule has 3 rings (SSSR count). The molecule has 1 N–H and O–H groups in total. The summed E-state index contributed by atoms with van der Waals surface area (Å²) in [6.07, 6.45) is 0. The number of hydrogen-bond donors (Lipinski definition) is 1. The van der Waals surface area contributed by atoms with E-state index in [1.54, 1.807) is 13.0 Å². The third-order valence-corrected chi connectivity index (χ3v) is 4.43. The van der Waals surface area contributed by atoms with Gasteiger partial charge in [-0.25, -0.2) is 14.3 Å². The Morgan fingerprint density at radius 1 is 1.19 bits per heavy atom. The third-order valence-electron chi connectivity index (χ3n) is 3.18. The van der Waals surface area contributed by atoms with Crippen LogP contribution in [0, 0.1) is 20.8 Å². The Hall–Kier alpha value is -2.15. The topological polar surface area (TPSA) is 72.3 Å². The summed E-state index contributed by atoms with van der Waals surface area (Å²) >= 11 is 3.52. The fourth-order valence-corrected chi connectivity index (χ4v) is 2.44. The monoisotopic (exact) mass is 348 g/mol. The minimum Gasteiger partial charge on any atom is -0.439 e. The molecule has 0 saturated carbocycles. The Labute approximate surface area is 128 Å². The first kappa shape index (κ1) is 13.8. The molecular weight excluding hydrogens is 336 g/mol. The second kappa shape index (κ2) is 5.00. The summed E-state index contributed by atoms with van der Waals surface area (Å²) < 4.78 is 8.25. The van der Waals surface area contributed by atoms with Gasteiger partial charge in [0.15, 0.2) is 5.65 Å². The lowest BCUT2D eigenvalue weighted by Gasteiger charge is -2.09. The Kier molecular flexibility index (Phi) is 3.29. The van der Waals surface area contributed by atoms with Gasteiger partial charge in [-0.05, 0) is 44.0 Å². The van der Waals surface area contributed by atoms with Crippen LogP contribution in [0.2, 0.25) is 0 Å². The van der Waals surface area contributed by atoms with Crippen molar-refractivity contribution in [2.45, 2.75) is 20.8 Å². The van der Waals surface area contributed by atoms with Crippen LogP contribution in [0.3, 0.4) is 0 Å². The van der Waals surface area contributed by atoms with Crippen LogP contribution in [-0.2, 0) is 0 Å². The zero-order valence-corrected chi connectivity index (χ0v) is 13.4. The normalized spacial score (nSPS) is 11.0. The van der Waals surface area contributed by atoms with E-state index in [1.165, 1.54) is 4.40 Å². The molecule has 0 aliphatic carbocycles. The molecule has 0 amide bonds. The van der Waals surface area contributed by atoms with Gasteiger partial charge in [-0.2, -0.15) is 10.1 Å². The predicted molar refractivity (Wildman–Crippen MR) is 82.0 cm³/mol. The van der Waals surface area contributed by atoms with Crippen molar-refractivity contribution in [1.82, 2.24) is 19.6 Å². The average Bonchev–Trinajstić information content (AvgIpc) is 2.78. The van der Waals surface area contributed by atoms with Gasteiger partial charge in [0.1, 0.15) is 11.6 Å². The van der Waals surface area contributed by atoms with Crippen LogP contribution in [0.1, 0.15) is 17.0 Å². The average molecular weight is 349 g/mol. The van der Waals surface area contributed by atoms with Crippen LogP contribution >= 0.6 is 15.9 Å². The molecule has 0 aliphatic rings. The van der Waals surface area contributed by atoms with Crippen molar-refractivity contribution in [2.75, 3.05) is 0 Å². The summed E-state index contributed by atoms with van der Waals surface area (Å²) in [6, 6.07) is 5.47. The largest absolute Gasteiger partial charge is 0.439 e. The Morgan fingerprint density at radius 2 is 1.86 bits per heavy atom. The van der Waals surface area contributed by atoms with E-state index < -0.39 is 0 Å². The van der Waals surface area contributed by atoms with Crippen LogP contribution in [0.4, 0.5) is 0 Å². The number of hydrogen-bond acceptors (Lipinski definition) is 4. The summed E-state index contributed by atoms with van der Waals surface area (Å²) in [4.78, 5) is 15.8. The van der Waals surface area contributed by atoms with Crippen molar-refractivity contribution in [3.05, 3.63) is 50.1 Å². The van der Waals surface area contributed by atoms with Crippen molar-refractivity contribution >= 4 is 21.6 Å². The molecule has 0 unspecified atom stereocenters. The first-order valence-electron chi connectivity index (χ1n) is 6.35. The van der Waals surface area contributed by atoms with E-state index in [-0.39, 0.29) is 5.69 Å². The highest BCUT2D eigenvalue weighted by atomic mass is 79.9. The predicted octanol–water partition coefficient (Wildman–Crippen LogP) is 2.90. The van der Waals surface area contributed by atoms with Crippen LogP contribution in [0.25, 0.3) is 5.65 Å². The molecule has 0 fully saturated rings. The lowest BCUT2D eigenvalue weighted by atomic mass is 10.1. The second-order valence-corrected chi connectivity index (χ2v) is 5.63. The molecule has 2 heterocycles. The van der Waals surface area contributed by atoms with Gasteiger partial charge in [-0.3, -0.25) is 0 Å². The lowest BCUT2D eigenvalue weighted by Crippen LogP contribution is -2.13. The van der Waals surface area contributed by atoms with Gasteiger partial charge < -0.3 is 4.74 Å². The van der Waals surface area contributed by atoms with E-state index in [0.29, 0.717) is 23.1 Å². The maximum atomic E-state index is 11.6. The van der Waals surface area contributed by atoms with Gasteiger partial charge >= 0.3 is 5.69 Å².